The van der Waals surface area contributed by atoms with Crippen LogP contribution in [-0.4, -0.2) is 54.7 Å². The van der Waals surface area contributed by atoms with Crippen LogP contribution in [0.5, 0.6) is 0 Å². The van der Waals surface area contributed by atoms with Gasteiger partial charge in [-0.2, -0.15) is 0 Å². The summed E-state index contributed by atoms with van der Waals surface area (Å²) < 4.78 is 103. The predicted octanol–water partition coefficient (Wildman–Crippen LogP) is -11.7. The van der Waals surface area contributed by atoms with Crippen molar-refractivity contribution in [2.45, 2.75) is 14.7 Å². The van der Waals surface area contributed by atoms with E-state index in [4.69, 9.17) is 0 Å². The molecule has 45 heavy (non-hydrogen) atoms. The molecular formula is C22H12N4Na4O12S3. The molecule has 0 radical (unpaired) electrons. The largest absolute Gasteiger partial charge is 1.00 e. The van der Waals surface area contributed by atoms with E-state index in [0.29, 0.717) is 4.68 Å². The Morgan fingerprint density at radius 1 is 0.667 bits per heavy atom. The summed E-state index contributed by atoms with van der Waals surface area (Å²) in [5, 5.41) is 21.4. The number of aromatic amines is 1. The molecule has 4 aromatic rings. The first-order valence-electron chi connectivity index (χ1n) is 10.7. The second-order valence-electron chi connectivity index (χ2n) is 8.02. The van der Waals surface area contributed by atoms with Crippen molar-refractivity contribution in [3.05, 3.63) is 82.8 Å². The molecular weight excluding hydrogens is 700 g/mol. The average Bonchev–Trinajstić information content (AvgIpc) is 3.22. The number of aromatic nitrogens is 2. The number of aromatic carboxylic acids is 1. The first-order valence-corrected chi connectivity index (χ1v) is 14.9. The van der Waals surface area contributed by atoms with E-state index >= 15 is 0 Å². The topological polar surface area (TPSA) is 274 Å². The summed E-state index contributed by atoms with van der Waals surface area (Å²) in [6, 6.07) is 10.6. The third-order valence-corrected chi connectivity index (χ3v) is 7.95. The van der Waals surface area contributed by atoms with Crippen LogP contribution in [0.2, 0.25) is 0 Å². The molecule has 0 amide bonds. The monoisotopic (exact) mass is 712 g/mol. The Hall–Kier alpha value is -0.530. The summed E-state index contributed by atoms with van der Waals surface area (Å²) in [4.78, 5) is 22.7. The fourth-order valence-corrected chi connectivity index (χ4v) is 4.94. The molecule has 0 aliphatic heterocycles. The number of azo groups is 1. The van der Waals surface area contributed by atoms with Crippen molar-refractivity contribution in [2.24, 2.45) is 10.2 Å². The molecule has 16 nitrogen and oxygen atoms in total. The Bertz CT molecular complexity index is 2120. The van der Waals surface area contributed by atoms with Gasteiger partial charge in [0.1, 0.15) is 36.0 Å². The molecule has 214 valence electrons. The van der Waals surface area contributed by atoms with Crippen LogP contribution in [0.1, 0.15) is 10.5 Å². The van der Waals surface area contributed by atoms with Crippen molar-refractivity contribution >= 4 is 47.7 Å². The van der Waals surface area contributed by atoms with Crippen molar-refractivity contribution in [3.63, 3.8) is 0 Å². The summed E-state index contributed by atoms with van der Waals surface area (Å²) in [6.07, 6.45) is 0. The number of carbonyl (C=O) groups is 1. The Morgan fingerprint density at radius 3 is 1.56 bits per heavy atom. The predicted molar refractivity (Wildman–Crippen MR) is 131 cm³/mol. The zero-order valence-corrected chi connectivity index (χ0v) is 34.3. The zero-order chi connectivity index (χ0) is 30.3. The van der Waals surface area contributed by atoms with Gasteiger partial charge in [0.25, 0.3) is 5.56 Å². The van der Waals surface area contributed by atoms with E-state index in [1.807, 2.05) is 0 Å². The molecule has 23 heteroatoms. The van der Waals surface area contributed by atoms with E-state index in [1.54, 1.807) is 0 Å². The number of rotatable bonds is 8. The van der Waals surface area contributed by atoms with Crippen LogP contribution >= 0.6 is 0 Å². The van der Waals surface area contributed by atoms with Crippen LogP contribution in [0.25, 0.3) is 16.8 Å². The van der Waals surface area contributed by atoms with Crippen LogP contribution in [0.3, 0.4) is 0 Å². The Labute approximate surface area is 344 Å². The van der Waals surface area contributed by atoms with Crippen LogP contribution < -0.4 is 129 Å². The summed E-state index contributed by atoms with van der Waals surface area (Å²) in [5.74, 6) is -1.89. The molecule has 0 saturated heterocycles. The van der Waals surface area contributed by atoms with Crippen molar-refractivity contribution < 1.29 is 167 Å². The van der Waals surface area contributed by atoms with Gasteiger partial charge in [-0.05, 0) is 60.2 Å². The number of carbonyl (C=O) groups excluding carboxylic acids is 1. The summed E-state index contributed by atoms with van der Waals surface area (Å²) >= 11 is 0. The molecule has 3 aromatic carbocycles. The smallest absolute Gasteiger partial charge is 0.744 e. The molecule has 1 heterocycles. The molecule has 1 aromatic heterocycles. The normalized spacial score (nSPS) is 11.4. The maximum absolute atomic E-state index is 13.0. The van der Waals surface area contributed by atoms with Crippen LogP contribution in [0, 0.1) is 0 Å². The molecule has 0 aliphatic rings. The second kappa shape index (κ2) is 17.2. The van der Waals surface area contributed by atoms with E-state index in [-0.39, 0.29) is 141 Å². The minimum Gasteiger partial charge on any atom is -0.744 e. The van der Waals surface area contributed by atoms with E-state index in [1.165, 1.54) is 0 Å². The Kier molecular flexibility index (Phi) is 17.0. The summed E-state index contributed by atoms with van der Waals surface area (Å²) in [5.41, 5.74) is -3.12. The molecule has 0 spiro atoms. The van der Waals surface area contributed by atoms with Crippen LogP contribution in [0.4, 0.5) is 11.4 Å². The third-order valence-electron chi connectivity index (χ3n) is 5.42. The number of carboxylic acid groups (broad SMARTS) is 1. The van der Waals surface area contributed by atoms with Crippen LogP contribution in [0.15, 0.2) is 96.4 Å². The quantitative estimate of drug-likeness (QED) is 0.101. The van der Waals surface area contributed by atoms with Crippen molar-refractivity contribution in [2.75, 3.05) is 0 Å². The molecule has 0 bridgehead atoms. The molecule has 4 rings (SSSR count). The van der Waals surface area contributed by atoms with E-state index in [2.05, 4.69) is 15.3 Å². The number of nitrogens with zero attached hydrogens (tertiary/aromatic N) is 3. The fourth-order valence-electron chi connectivity index (χ4n) is 3.50. The van der Waals surface area contributed by atoms with Crippen LogP contribution in [-0.2, 0) is 30.4 Å². The van der Waals surface area contributed by atoms with Crippen molar-refractivity contribution in [1.82, 2.24) is 9.78 Å². The van der Waals surface area contributed by atoms with Gasteiger partial charge in [0.2, 0.25) is 0 Å². The van der Waals surface area contributed by atoms with E-state index < -0.39 is 68.0 Å². The average molecular weight is 713 g/mol. The van der Waals surface area contributed by atoms with E-state index in [9.17, 15) is 53.6 Å². The molecule has 0 aliphatic carbocycles. The van der Waals surface area contributed by atoms with Gasteiger partial charge in [0, 0.05) is 5.56 Å². The second-order valence-corrected chi connectivity index (χ2v) is 12.2. The van der Waals surface area contributed by atoms with Gasteiger partial charge in [-0.1, -0.05) is 12.1 Å². The van der Waals surface area contributed by atoms with E-state index in [0.717, 1.165) is 66.7 Å². The van der Waals surface area contributed by atoms with Gasteiger partial charge in [0.15, 0.2) is 5.69 Å². The summed E-state index contributed by atoms with van der Waals surface area (Å²) in [6.45, 7) is 0. The van der Waals surface area contributed by atoms with Gasteiger partial charge in [-0.25, -0.2) is 29.9 Å². The van der Waals surface area contributed by atoms with Gasteiger partial charge in [0.05, 0.1) is 32.0 Å². The van der Waals surface area contributed by atoms with Gasteiger partial charge >= 0.3 is 118 Å². The molecule has 0 atom stereocenters. The maximum Gasteiger partial charge on any atom is 1.00 e. The number of benzene rings is 3. The molecule has 0 saturated carbocycles. The minimum atomic E-state index is -4.98. The molecule has 0 unspecified atom stereocenters. The zero-order valence-electron chi connectivity index (χ0n) is 23.8. The molecule has 0 fully saturated rings. The third kappa shape index (κ3) is 10.7. The number of carboxylic acids is 1. The van der Waals surface area contributed by atoms with Gasteiger partial charge < -0.3 is 23.6 Å². The SMILES string of the molecule is O=C([O-])c1[nH]n(-c2ccc(S(=O)(=O)[O-])cc2)c(=O)c1N=Nc1ccc(S(=O)(=O)[O-])cc1-c1ccc(S(=O)(=O)[O-])cc1.[Na+].[Na+].[Na+].[Na+]. The molecule has 1 N–H and O–H groups in total. The Balaban J connectivity index is 0.00000484. The number of H-pyrrole nitrogens is 1. The number of hydrogen-bond donors (Lipinski definition) is 1. The fraction of sp³-hybridized carbons (Fsp3) is 0. The first-order chi connectivity index (χ1) is 19.0. The number of hydrogen-bond acceptors (Lipinski definition) is 14. The maximum atomic E-state index is 13.0. The van der Waals surface area contributed by atoms with Gasteiger partial charge in [-0.15, -0.1) is 10.2 Å². The summed E-state index contributed by atoms with van der Waals surface area (Å²) in [7, 11) is -14.6. The standard InChI is InChI=1S/C22H16N4O12S3.4Na/c27-21-19(20(22(28)29)25-26(21)13-3-7-15(8-4-13)40(33,34)35)24-23-18-10-9-16(41(36,37)38)11-17(18)12-1-5-14(6-2-12)39(30,31)32;;;;/h1-11,25H,(H,28,29)(H,30,31,32)(H,33,34,35)(H,36,37,38);;;;/q;4*+1/p-4. The van der Waals surface area contributed by atoms with Crippen molar-refractivity contribution in [1.29, 1.82) is 0 Å². The first kappa shape index (κ1) is 44.5. The number of nitrogens with one attached hydrogen (secondary N) is 1. The minimum absolute atomic E-state index is 0. The Morgan fingerprint density at radius 2 is 1.11 bits per heavy atom. The van der Waals surface area contributed by atoms with Gasteiger partial charge in [-0.3, -0.25) is 9.89 Å². The van der Waals surface area contributed by atoms with Crippen molar-refractivity contribution in [3.8, 4) is 16.8 Å².